The molecule has 1 aliphatic heterocycles. The quantitative estimate of drug-likeness (QED) is 0.431. The van der Waals surface area contributed by atoms with Crippen LogP contribution in [0, 0.1) is 11.6 Å². The molecule has 1 saturated heterocycles. The van der Waals surface area contributed by atoms with Gasteiger partial charge in [0.05, 0.1) is 11.2 Å². The van der Waals surface area contributed by atoms with Crippen LogP contribution in [0.1, 0.15) is 52.0 Å². The summed E-state index contributed by atoms with van der Waals surface area (Å²) in [6, 6.07) is 2.09. The van der Waals surface area contributed by atoms with E-state index >= 15 is 4.39 Å². The number of rotatable bonds is 7. The third kappa shape index (κ3) is 6.24. The standard InChI is InChI=1S/C28H33F2N5O3S2/c1-17(2)26(39-27(18(3)4)40(31,37)38)35-12-6-11-34(28(35)36)22-9-7-19(8-10-22)23-13-21(29)14-24(25(23)30)20-15-32-33(5)16-20/h7,9-10,13-16,19H,6,8,11-12H2,1-5H3,(H2,31,37,38). The molecule has 12 heteroatoms. The molecule has 0 bridgehead atoms. The fourth-order valence-electron chi connectivity index (χ4n) is 4.80. The van der Waals surface area contributed by atoms with E-state index in [0.29, 0.717) is 47.8 Å². The number of hydrogen-bond acceptors (Lipinski definition) is 5. The van der Waals surface area contributed by atoms with E-state index in [2.05, 4.69) is 5.10 Å². The molecule has 40 heavy (non-hydrogen) atoms. The third-order valence-electron chi connectivity index (χ3n) is 6.63. The average molecular weight is 590 g/mol. The lowest BCUT2D eigenvalue weighted by Gasteiger charge is -2.38. The van der Waals surface area contributed by atoms with Crippen molar-refractivity contribution in [2.75, 3.05) is 13.1 Å². The van der Waals surface area contributed by atoms with E-state index in [1.165, 1.54) is 23.0 Å². The number of urea groups is 1. The molecule has 1 aromatic carbocycles. The average Bonchev–Trinajstić information content (AvgIpc) is 3.31. The lowest BCUT2D eigenvalue weighted by molar-refractivity contribution is 0.163. The van der Waals surface area contributed by atoms with Crippen molar-refractivity contribution < 1.29 is 22.0 Å². The number of sulfonamides is 1. The number of nitrogens with two attached hydrogens (primary N) is 1. The van der Waals surface area contributed by atoms with Gasteiger partial charge < -0.3 is 0 Å². The predicted molar refractivity (Wildman–Crippen MR) is 154 cm³/mol. The number of carbonyl (C=O) groups is 1. The Morgan fingerprint density at radius 3 is 2.40 bits per heavy atom. The Kier molecular flexibility index (Phi) is 8.72. The van der Waals surface area contributed by atoms with E-state index < -0.39 is 27.6 Å². The normalized spacial score (nSPS) is 17.6. The van der Waals surface area contributed by atoms with Crippen molar-refractivity contribution in [2.24, 2.45) is 12.2 Å². The number of benzene rings is 1. The van der Waals surface area contributed by atoms with E-state index in [0.717, 1.165) is 17.3 Å². The molecule has 1 fully saturated rings. The fourth-order valence-corrected chi connectivity index (χ4v) is 6.94. The van der Waals surface area contributed by atoms with E-state index in [1.807, 2.05) is 19.9 Å². The summed E-state index contributed by atoms with van der Waals surface area (Å²) in [6.45, 7) is 7.86. The minimum atomic E-state index is -3.97. The van der Waals surface area contributed by atoms with Gasteiger partial charge in [0, 0.05) is 49.1 Å². The lowest BCUT2D eigenvalue weighted by atomic mass is 9.89. The first-order valence-corrected chi connectivity index (χ1v) is 15.1. The highest BCUT2D eigenvalue weighted by Gasteiger charge is 2.33. The summed E-state index contributed by atoms with van der Waals surface area (Å²) in [5.74, 6) is -1.46. The van der Waals surface area contributed by atoms with Crippen LogP contribution in [0.25, 0.3) is 11.1 Å². The zero-order chi connectivity index (χ0) is 29.4. The van der Waals surface area contributed by atoms with Gasteiger partial charge in [-0.2, -0.15) is 5.10 Å². The van der Waals surface area contributed by atoms with E-state index in [4.69, 9.17) is 5.14 Å². The van der Waals surface area contributed by atoms with Crippen molar-refractivity contribution in [1.29, 1.82) is 0 Å². The molecule has 1 unspecified atom stereocenters. The number of amides is 2. The topological polar surface area (TPSA) is 102 Å². The highest BCUT2D eigenvalue weighted by atomic mass is 32.3. The predicted octanol–water partition coefficient (Wildman–Crippen LogP) is 5.94. The maximum Gasteiger partial charge on any atom is 0.329 e. The maximum atomic E-state index is 15.5. The van der Waals surface area contributed by atoms with Crippen molar-refractivity contribution in [3.05, 3.63) is 86.1 Å². The third-order valence-corrected chi connectivity index (χ3v) is 9.91. The first kappa shape index (κ1) is 29.8. The van der Waals surface area contributed by atoms with E-state index in [-0.39, 0.29) is 21.4 Å². The van der Waals surface area contributed by atoms with Crippen LogP contribution in [0.4, 0.5) is 13.6 Å². The summed E-state index contributed by atoms with van der Waals surface area (Å²) in [5, 5.41) is 10.0. The number of thioether (sulfide) groups is 1. The van der Waals surface area contributed by atoms with Crippen LogP contribution < -0.4 is 5.14 Å². The molecular weight excluding hydrogens is 556 g/mol. The Balaban J connectivity index is 1.56. The Morgan fingerprint density at radius 2 is 1.85 bits per heavy atom. The van der Waals surface area contributed by atoms with Gasteiger partial charge in [0.2, 0.25) is 10.0 Å². The summed E-state index contributed by atoms with van der Waals surface area (Å²) in [6.07, 6.45) is 9.54. The number of allylic oxidation sites excluding steroid dienone is 5. The second-order valence-corrected chi connectivity index (χ2v) is 13.0. The number of hydrogen-bond donors (Lipinski definition) is 1. The summed E-state index contributed by atoms with van der Waals surface area (Å²) in [4.78, 5) is 16.8. The van der Waals surface area contributed by atoms with Gasteiger partial charge >= 0.3 is 6.03 Å². The molecule has 0 saturated carbocycles. The molecule has 2 N–H and O–H groups in total. The van der Waals surface area contributed by atoms with Gasteiger partial charge in [0.15, 0.2) is 0 Å². The minimum absolute atomic E-state index is 0.0102. The number of aryl methyl sites for hydroxylation is 1. The van der Waals surface area contributed by atoms with Crippen molar-refractivity contribution in [2.45, 2.75) is 46.5 Å². The molecular formula is C28H33F2N5O3S2. The van der Waals surface area contributed by atoms with Crippen LogP contribution >= 0.6 is 11.8 Å². The summed E-state index contributed by atoms with van der Waals surface area (Å²) in [7, 11) is -2.26. The lowest BCUT2D eigenvalue weighted by Crippen LogP contribution is -2.48. The first-order valence-electron chi connectivity index (χ1n) is 12.8. The monoisotopic (exact) mass is 589 g/mol. The van der Waals surface area contributed by atoms with Crippen LogP contribution in [0.5, 0.6) is 0 Å². The Bertz CT molecular complexity index is 1570. The molecule has 0 spiro atoms. The second kappa shape index (κ2) is 11.7. The highest BCUT2D eigenvalue weighted by Crippen LogP contribution is 2.38. The van der Waals surface area contributed by atoms with Crippen molar-refractivity contribution in [3.63, 3.8) is 0 Å². The van der Waals surface area contributed by atoms with E-state index in [9.17, 15) is 17.6 Å². The molecule has 214 valence electrons. The van der Waals surface area contributed by atoms with Gasteiger partial charge in [-0.05, 0) is 75.5 Å². The zero-order valence-corrected chi connectivity index (χ0v) is 24.7. The number of primary sulfonamides is 1. The van der Waals surface area contributed by atoms with Crippen LogP contribution in [-0.2, 0) is 17.1 Å². The smallest absolute Gasteiger partial charge is 0.294 e. The summed E-state index contributed by atoms with van der Waals surface area (Å²) >= 11 is 0.978. The molecule has 2 aromatic rings. The second-order valence-electron chi connectivity index (χ2n) is 10.3. The Labute approximate surface area is 237 Å². The molecule has 2 amide bonds. The molecule has 8 nitrogen and oxygen atoms in total. The summed E-state index contributed by atoms with van der Waals surface area (Å²) < 4.78 is 56.0. The molecule has 1 atom stereocenters. The number of aromatic nitrogens is 2. The Morgan fingerprint density at radius 1 is 1.12 bits per heavy atom. The van der Waals surface area contributed by atoms with Gasteiger partial charge in [-0.25, -0.2) is 27.1 Å². The van der Waals surface area contributed by atoms with Crippen LogP contribution in [0.3, 0.4) is 0 Å². The van der Waals surface area contributed by atoms with Gasteiger partial charge in [-0.15, -0.1) is 0 Å². The molecule has 1 aromatic heterocycles. The van der Waals surface area contributed by atoms with Crippen molar-refractivity contribution >= 4 is 27.8 Å². The van der Waals surface area contributed by atoms with Crippen LogP contribution in [0.2, 0.25) is 0 Å². The van der Waals surface area contributed by atoms with Gasteiger partial charge in [-0.1, -0.05) is 23.9 Å². The molecule has 2 aliphatic rings. The fraction of sp³-hybridized carbons (Fsp3) is 0.357. The van der Waals surface area contributed by atoms with Gasteiger partial charge in [0.25, 0.3) is 0 Å². The van der Waals surface area contributed by atoms with Gasteiger partial charge in [0.1, 0.15) is 15.9 Å². The summed E-state index contributed by atoms with van der Waals surface area (Å²) in [5.41, 5.74) is 2.84. The number of carbonyl (C=O) groups excluding carboxylic acids is 1. The SMILES string of the molecule is CC(C)=C(SC(=C(C)C)S(N)(=O)=O)N1CCCN(C2=CCC(c3cc(F)cc(-c4cnn(C)c4)c3F)C=C2)C1=O. The molecule has 2 heterocycles. The molecule has 0 radical (unpaired) electrons. The first-order chi connectivity index (χ1) is 18.8. The molecule has 1 aliphatic carbocycles. The highest BCUT2D eigenvalue weighted by molar-refractivity contribution is 8.20. The zero-order valence-electron chi connectivity index (χ0n) is 23.1. The van der Waals surface area contributed by atoms with E-state index in [1.54, 1.807) is 49.0 Å². The van der Waals surface area contributed by atoms with Gasteiger partial charge in [-0.3, -0.25) is 14.5 Å². The van der Waals surface area contributed by atoms with Crippen molar-refractivity contribution in [1.82, 2.24) is 19.6 Å². The largest absolute Gasteiger partial charge is 0.329 e. The maximum absolute atomic E-state index is 15.5. The number of nitrogens with zero attached hydrogens (tertiary/aromatic N) is 4. The Hall–Kier alpha value is -3.22. The molecule has 4 rings (SSSR count). The van der Waals surface area contributed by atoms with Crippen LogP contribution in [0.15, 0.2) is 68.9 Å². The van der Waals surface area contributed by atoms with Crippen LogP contribution in [-0.4, -0.2) is 47.1 Å². The number of halogens is 2. The minimum Gasteiger partial charge on any atom is -0.294 e. The van der Waals surface area contributed by atoms with Crippen molar-refractivity contribution in [3.8, 4) is 11.1 Å².